The lowest BCUT2D eigenvalue weighted by atomic mass is 10.3. The van der Waals surface area contributed by atoms with Gasteiger partial charge in [0, 0.05) is 17.5 Å². The normalized spacial score (nSPS) is 12.6. The lowest BCUT2D eigenvalue weighted by molar-refractivity contribution is 0.119. The lowest BCUT2D eigenvalue weighted by Crippen LogP contribution is -2.46. The third-order valence-electron chi connectivity index (χ3n) is 2.59. The second-order valence-electron chi connectivity index (χ2n) is 4.61. The SMILES string of the molecule is Cc1ncsc1CNC(=O)N(CC(C)O)C(C)C. The molecule has 0 saturated carbocycles. The van der Waals surface area contributed by atoms with Crippen LogP contribution in [-0.2, 0) is 6.54 Å². The summed E-state index contributed by atoms with van der Waals surface area (Å²) in [5, 5.41) is 12.2. The van der Waals surface area contributed by atoms with Crippen LogP contribution in [0.4, 0.5) is 4.79 Å². The number of carbonyl (C=O) groups excluding carboxylic acids is 1. The minimum absolute atomic E-state index is 0.0576. The summed E-state index contributed by atoms with van der Waals surface area (Å²) in [6.07, 6.45) is -0.525. The number of rotatable bonds is 5. The third kappa shape index (κ3) is 4.27. The molecule has 0 saturated heterocycles. The molecule has 0 fully saturated rings. The first-order valence-electron chi connectivity index (χ1n) is 6.03. The summed E-state index contributed by atoms with van der Waals surface area (Å²) in [5.41, 5.74) is 2.72. The maximum absolute atomic E-state index is 12.0. The van der Waals surface area contributed by atoms with Crippen molar-refractivity contribution in [1.82, 2.24) is 15.2 Å². The summed E-state index contributed by atoms with van der Waals surface area (Å²) < 4.78 is 0. The molecule has 1 aromatic rings. The van der Waals surface area contributed by atoms with Gasteiger partial charge in [0.1, 0.15) is 0 Å². The summed E-state index contributed by atoms with van der Waals surface area (Å²) >= 11 is 1.53. The van der Waals surface area contributed by atoms with Gasteiger partial charge < -0.3 is 15.3 Å². The highest BCUT2D eigenvalue weighted by molar-refractivity contribution is 7.09. The zero-order valence-electron chi connectivity index (χ0n) is 11.3. The molecule has 0 aliphatic rings. The van der Waals surface area contributed by atoms with E-state index in [2.05, 4.69) is 10.3 Å². The Morgan fingerprint density at radius 1 is 1.56 bits per heavy atom. The number of amides is 2. The molecule has 0 bridgehead atoms. The molecule has 102 valence electrons. The topological polar surface area (TPSA) is 65.5 Å². The zero-order chi connectivity index (χ0) is 13.7. The molecule has 2 amide bonds. The van der Waals surface area contributed by atoms with E-state index in [1.807, 2.05) is 20.8 Å². The minimum atomic E-state index is -0.525. The van der Waals surface area contributed by atoms with Crippen LogP contribution in [0.1, 0.15) is 31.3 Å². The van der Waals surface area contributed by atoms with E-state index in [9.17, 15) is 9.90 Å². The molecule has 18 heavy (non-hydrogen) atoms. The molecule has 6 heteroatoms. The quantitative estimate of drug-likeness (QED) is 0.857. The van der Waals surface area contributed by atoms with E-state index >= 15 is 0 Å². The number of carbonyl (C=O) groups is 1. The van der Waals surface area contributed by atoms with Crippen LogP contribution in [0.25, 0.3) is 0 Å². The summed E-state index contributed by atoms with van der Waals surface area (Å²) in [6, 6.07) is -0.0964. The number of nitrogens with zero attached hydrogens (tertiary/aromatic N) is 2. The van der Waals surface area contributed by atoms with Crippen molar-refractivity contribution in [3.8, 4) is 0 Å². The van der Waals surface area contributed by atoms with Crippen LogP contribution in [0.5, 0.6) is 0 Å². The van der Waals surface area contributed by atoms with Gasteiger partial charge >= 0.3 is 6.03 Å². The first-order valence-corrected chi connectivity index (χ1v) is 6.91. The average Bonchev–Trinajstić information content (AvgIpc) is 2.68. The predicted molar refractivity (Wildman–Crippen MR) is 72.6 cm³/mol. The van der Waals surface area contributed by atoms with Crippen molar-refractivity contribution in [2.75, 3.05) is 6.54 Å². The van der Waals surface area contributed by atoms with Gasteiger partial charge in [-0.3, -0.25) is 0 Å². The third-order valence-corrected chi connectivity index (χ3v) is 3.53. The molecule has 0 aliphatic carbocycles. The van der Waals surface area contributed by atoms with Gasteiger partial charge in [-0.15, -0.1) is 11.3 Å². The van der Waals surface area contributed by atoms with E-state index in [1.165, 1.54) is 11.3 Å². The van der Waals surface area contributed by atoms with Crippen LogP contribution >= 0.6 is 11.3 Å². The van der Waals surface area contributed by atoms with Gasteiger partial charge in [0.15, 0.2) is 0 Å². The maximum Gasteiger partial charge on any atom is 0.318 e. The largest absolute Gasteiger partial charge is 0.392 e. The Morgan fingerprint density at radius 2 is 2.22 bits per heavy atom. The first-order chi connectivity index (χ1) is 8.41. The van der Waals surface area contributed by atoms with Crippen molar-refractivity contribution in [2.24, 2.45) is 0 Å². The minimum Gasteiger partial charge on any atom is -0.392 e. The van der Waals surface area contributed by atoms with Crippen molar-refractivity contribution in [2.45, 2.75) is 46.4 Å². The van der Waals surface area contributed by atoms with Gasteiger partial charge in [-0.1, -0.05) is 0 Å². The molecule has 1 aromatic heterocycles. The van der Waals surface area contributed by atoms with E-state index in [0.717, 1.165) is 10.6 Å². The Hall–Kier alpha value is -1.14. The van der Waals surface area contributed by atoms with Crippen LogP contribution in [0.15, 0.2) is 5.51 Å². The van der Waals surface area contributed by atoms with Crippen LogP contribution in [-0.4, -0.2) is 39.7 Å². The van der Waals surface area contributed by atoms with Crippen molar-refractivity contribution in [3.05, 3.63) is 16.1 Å². The number of nitrogens with one attached hydrogen (secondary N) is 1. The van der Waals surface area contributed by atoms with Gasteiger partial charge in [0.05, 0.1) is 23.9 Å². The Kier molecular flexibility index (Phi) is 5.55. The fourth-order valence-corrected chi connectivity index (χ4v) is 2.28. The molecule has 1 atom stereocenters. The maximum atomic E-state index is 12.0. The molecule has 0 spiro atoms. The Labute approximate surface area is 112 Å². The smallest absolute Gasteiger partial charge is 0.318 e. The number of hydrogen-bond donors (Lipinski definition) is 2. The van der Waals surface area contributed by atoms with Crippen LogP contribution in [0.2, 0.25) is 0 Å². The van der Waals surface area contributed by atoms with E-state index < -0.39 is 6.10 Å². The molecule has 1 rings (SSSR count). The van der Waals surface area contributed by atoms with E-state index in [-0.39, 0.29) is 12.1 Å². The molecule has 1 unspecified atom stereocenters. The molecule has 0 aromatic carbocycles. The highest BCUT2D eigenvalue weighted by Gasteiger charge is 2.18. The summed E-state index contributed by atoms with van der Waals surface area (Å²) in [6.45, 7) is 8.29. The van der Waals surface area contributed by atoms with E-state index in [0.29, 0.717) is 13.1 Å². The molecule has 2 N–H and O–H groups in total. The summed E-state index contributed by atoms with van der Waals surface area (Å²) in [4.78, 5) is 18.8. The molecule has 1 heterocycles. The standard InChI is InChI=1S/C12H21N3O2S/c1-8(2)15(6-9(3)16)12(17)13-5-11-10(4)14-7-18-11/h7-9,16H,5-6H2,1-4H3,(H,13,17). The number of aliphatic hydroxyl groups is 1. The number of aliphatic hydroxyl groups excluding tert-OH is 1. The fourth-order valence-electron chi connectivity index (χ4n) is 1.57. The van der Waals surface area contributed by atoms with Crippen LogP contribution in [0, 0.1) is 6.92 Å². The van der Waals surface area contributed by atoms with Crippen LogP contribution in [0.3, 0.4) is 0 Å². The number of aromatic nitrogens is 1. The number of hydrogen-bond acceptors (Lipinski definition) is 4. The molecule has 0 aliphatic heterocycles. The highest BCUT2D eigenvalue weighted by Crippen LogP contribution is 2.11. The fraction of sp³-hybridized carbons (Fsp3) is 0.667. The molecular weight excluding hydrogens is 250 g/mol. The number of aryl methyl sites for hydroxylation is 1. The van der Waals surface area contributed by atoms with Crippen molar-refractivity contribution >= 4 is 17.4 Å². The lowest BCUT2D eigenvalue weighted by Gasteiger charge is -2.28. The first kappa shape index (κ1) is 14.9. The van der Waals surface area contributed by atoms with Crippen molar-refractivity contribution in [1.29, 1.82) is 0 Å². The predicted octanol–water partition coefficient (Wildman–Crippen LogP) is 1.75. The Balaban J connectivity index is 2.54. The van der Waals surface area contributed by atoms with Crippen molar-refractivity contribution in [3.63, 3.8) is 0 Å². The van der Waals surface area contributed by atoms with Gasteiger partial charge in [-0.25, -0.2) is 9.78 Å². The molecule has 0 radical (unpaired) electrons. The summed E-state index contributed by atoms with van der Waals surface area (Å²) in [5.74, 6) is 0. The number of thiazole rings is 1. The zero-order valence-corrected chi connectivity index (χ0v) is 12.1. The van der Waals surface area contributed by atoms with Crippen molar-refractivity contribution < 1.29 is 9.90 Å². The average molecular weight is 271 g/mol. The molecule has 5 nitrogen and oxygen atoms in total. The van der Waals surface area contributed by atoms with Gasteiger partial charge in [0.25, 0.3) is 0 Å². The second-order valence-corrected chi connectivity index (χ2v) is 5.55. The van der Waals surface area contributed by atoms with Crippen LogP contribution < -0.4 is 5.32 Å². The van der Waals surface area contributed by atoms with Gasteiger partial charge in [-0.2, -0.15) is 0 Å². The highest BCUT2D eigenvalue weighted by atomic mass is 32.1. The summed E-state index contributed by atoms with van der Waals surface area (Å²) in [7, 11) is 0. The van der Waals surface area contributed by atoms with E-state index in [1.54, 1.807) is 17.3 Å². The van der Waals surface area contributed by atoms with Gasteiger partial charge in [-0.05, 0) is 27.7 Å². The van der Waals surface area contributed by atoms with E-state index in [4.69, 9.17) is 0 Å². The Bertz CT molecular complexity index is 390. The monoisotopic (exact) mass is 271 g/mol. The van der Waals surface area contributed by atoms with Gasteiger partial charge in [0.2, 0.25) is 0 Å². The Morgan fingerprint density at radius 3 is 2.67 bits per heavy atom. The number of urea groups is 1. The molecular formula is C12H21N3O2S. The second kappa shape index (κ2) is 6.70.